The minimum absolute atomic E-state index is 0.248. The molecule has 0 saturated carbocycles. The first-order valence-electron chi connectivity index (χ1n) is 33.9. The van der Waals surface area contributed by atoms with Crippen LogP contribution in [0.15, 0.2) is 36.5 Å². The number of rotatable bonds is 59. The van der Waals surface area contributed by atoms with Crippen LogP contribution in [0.1, 0.15) is 322 Å². The highest BCUT2D eigenvalue weighted by Crippen LogP contribution is 2.24. The SMILES string of the molecule is CCCCCCCCCCCCC/C=C/CC/C=C/CCCC(O)C(O)C(COC1OC(CO)C(O)C(O)C1O)NC(=O)C(O)CCCCCCCCCCCCCCCCCC/C=C\CCCCCCCCCCCCCC. The van der Waals surface area contributed by atoms with Gasteiger partial charge in [-0.15, -0.1) is 0 Å². The molecular formula is C68H129NO10. The number of aliphatic hydroxyl groups is 7. The molecular weight excluding hydrogens is 991 g/mol. The Morgan fingerprint density at radius 1 is 0.430 bits per heavy atom. The molecule has 9 atom stereocenters. The number of carbonyl (C=O) groups is 1. The number of aliphatic hydroxyl groups excluding tert-OH is 7. The highest BCUT2D eigenvalue weighted by molar-refractivity contribution is 5.80. The average Bonchev–Trinajstić information content (AvgIpc) is 3.46. The van der Waals surface area contributed by atoms with Crippen molar-refractivity contribution in [1.29, 1.82) is 0 Å². The van der Waals surface area contributed by atoms with Gasteiger partial charge in [-0.1, -0.05) is 281 Å². The lowest BCUT2D eigenvalue weighted by molar-refractivity contribution is -0.303. The molecule has 1 heterocycles. The Hall–Kier alpha value is -1.67. The van der Waals surface area contributed by atoms with Crippen LogP contribution in [0.4, 0.5) is 0 Å². The van der Waals surface area contributed by atoms with Gasteiger partial charge in [0.2, 0.25) is 5.91 Å². The van der Waals surface area contributed by atoms with E-state index in [1.165, 1.54) is 238 Å². The fraction of sp³-hybridized carbons (Fsp3) is 0.897. The minimum Gasteiger partial charge on any atom is -0.394 e. The van der Waals surface area contributed by atoms with Crippen LogP contribution < -0.4 is 5.32 Å². The van der Waals surface area contributed by atoms with Crippen LogP contribution in [0, 0.1) is 0 Å². The van der Waals surface area contributed by atoms with E-state index >= 15 is 0 Å². The van der Waals surface area contributed by atoms with Crippen molar-refractivity contribution in [2.45, 2.75) is 377 Å². The lowest BCUT2D eigenvalue weighted by atomic mass is 9.98. The van der Waals surface area contributed by atoms with E-state index in [4.69, 9.17) is 9.47 Å². The Morgan fingerprint density at radius 3 is 1.13 bits per heavy atom. The van der Waals surface area contributed by atoms with E-state index in [-0.39, 0.29) is 12.8 Å². The maximum atomic E-state index is 13.2. The minimum atomic E-state index is -1.67. The summed E-state index contributed by atoms with van der Waals surface area (Å²) >= 11 is 0. The van der Waals surface area contributed by atoms with Gasteiger partial charge in [-0.3, -0.25) is 4.79 Å². The number of allylic oxidation sites excluding steroid dienone is 6. The van der Waals surface area contributed by atoms with Crippen LogP contribution in [-0.2, 0) is 14.3 Å². The summed E-state index contributed by atoms with van der Waals surface area (Å²) in [6.45, 7) is 3.48. The fourth-order valence-corrected chi connectivity index (χ4v) is 10.9. The summed E-state index contributed by atoms with van der Waals surface area (Å²) in [7, 11) is 0. The first-order valence-corrected chi connectivity index (χ1v) is 33.9. The number of hydrogen-bond donors (Lipinski definition) is 8. The average molecular weight is 1120 g/mol. The smallest absolute Gasteiger partial charge is 0.249 e. The monoisotopic (exact) mass is 1120 g/mol. The van der Waals surface area contributed by atoms with Crippen LogP contribution in [0.2, 0.25) is 0 Å². The number of amides is 1. The maximum Gasteiger partial charge on any atom is 0.249 e. The molecule has 466 valence electrons. The molecule has 79 heavy (non-hydrogen) atoms. The van der Waals surface area contributed by atoms with Gasteiger partial charge in [0.25, 0.3) is 0 Å². The van der Waals surface area contributed by atoms with E-state index in [0.717, 1.165) is 38.5 Å². The maximum absolute atomic E-state index is 13.2. The molecule has 11 heteroatoms. The predicted octanol–water partition coefficient (Wildman–Crippen LogP) is 15.8. The topological polar surface area (TPSA) is 189 Å². The summed E-state index contributed by atoms with van der Waals surface area (Å²) in [6, 6.07) is -1.19. The van der Waals surface area contributed by atoms with Crippen LogP contribution >= 0.6 is 0 Å². The first-order chi connectivity index (χ1) is 38.7. The molecule has 0 aromatic heterocycles. The summed E-state index contributed by atoms with van der Waals surface area (Å²) in [4.78, 5) is 13.2. The fourth-order valence-electron chi connectivity index (χ4n) is 10.9. The molecule has 0 spiro atoms. The largest absolute Gasteiger partial charge is 0.394 e. The summed E-state index contributed by atoms with van der Waals surface area (Å²) < 4.78 is 11.2. The molecule has 1 fully saturated rings. The van der Waals surface area contributed by atoms with E-state index in [1.54, 1.807) is 0 Å². The quantitative estimate of drug-likeness (QED) is 0.0215. The van der Waals surface area contributed by atoms with E-state index in [1.807, 2.05) is 0 Å². The molecule has 0 aliphatic carbocycles. The zero-order chi connectivity index (χ0) is 57.5. The third kappa shape index (κ3) is 44.5. The normalized spacial score (nSPS) is 19.5. The number of hydrogen-bond acceptors (Lipinski definition) is 10. The first kappa shape index (κ1) is 75.3. The molecule has 1 aliphatic heterocycles. The predicted molar refractivity (Wildman–Crippen MR) is 330 cm³/mol. The number of carbonyl (C=O) groups excluding carboxylic acids is 1. The standard InChI is InChI=1S/C68H129NO10/c1-3-5-7-9-11-13-15-17-19-21-23-25-26-27-28-29-30-31-32-33-34-35-36-38-40-42-44-46-48-50-52-54-56-61(72)67(77)69-59(58-78-68-66(76)65(75)64(74)62(57-70)79-68)63(73)60(71)55-53-51-49-47-45-43-41-39-37-24-22-20-18-16-14-12-10-8-6-4-2/h27-28,39,41,47,49,59-66,68,70-76H,3-26,29-38,40,42-46,48,50-58H2,1-2H3,(H,69,77)/b28-27-,41-39+,49-47+. The Bertz CT molecular complexity index is 1380. The number of ether oxygens (including phenoxy) is 2. The van der Waals surface area contributed by atoms with Gasteiger partial charge >= 0.3 is 0 Å². The molecule has 1 amide bonds. The van der Waals surface area contributed by atoms with E-state index in [9.17, 15) is 40.5 Å². The number of unbranched alkanes of at least 4 members (excludes halogenated alkanes) is 41. The summed E-state index contributed by atoms with van der Waals surface area (Å²) in [5, 5.41) is 76.3. The van der Waals surface area contributed by atoms with Crippen LogP contribution in [0.5, 0.6) is 0 Å². The van der Waals surface area contributed by atoms with Gasteiger partial charge in [0.1, 0.15) is 36.6 Å². The van der Waals surface area contributed by atoms with Crippen LogP contribution in [0.3, 0.4) is 0 Å². The van der Waals surface area contributed by atoms with Gasteiger partial charge in [-0.2, -0.15) is 0 Å². The molecule has 0 bridgehead atoms. The van der Waals surface area contributed by atoms with Crippen molar-refractivity contribution in [3.05, 3.63) is 36.5 Å². The van der Waals surface area contributed by atoms with Gasteiger partial charge < -0.3 is 50.5 Å². The van der Waals surface area contributed by atoms with Gasteiger partial charge in [-0.05, 0) is 77.0 Å². The summed E-state index contributed by atoms with van der Waals surface area (Å²) in [6.07, 6.45) is 60.9. The summed E-state index contributed by atoms with van der Waals surface area (Å²) in [5.41, 5.74) is 0. The molecule has 11 nitrogen and oxygen atoms in total. The highest BCUT2D eigenvalue weighted by Gasteiger charge is 2.44. The molecule has 0 aromatic carbocycles. The number of nitrogens with one attached hydrogen (secondary N) is 1. The Balaban J connectivity index is 2.21. The van der Waals surface area contributed by atoms with Crippen molar-refractivity contribution in [1.82, 2.24) is 5.32 Å². The Morgan fingerprint density at radius 2 is 0.759 bits per heavy atom. The molecule has 0 aromatic rings. The van der Waals surface area contributed by atoms with Gasteiger partial charge in [0.15, 0.2) is 6.29 Å². The lowest BCUT2D eigenvalue weighted by Gasteiger charge is -2.40. The van der Waals surface area contributed by atoms with E-state index in [0.29, 0.717) is 19.3 Å². The second kappa shape index (κ2) is 56.8. The lowest BCUT2D eigenvalue weighted by Crippen LogP contribution is -2.60. The Labute approximate surface area is 486 Å². The van der Waals surface area contributed by atoms with Crippen molar-refractivity contribution in [2.24, 2.45) is 0 Å². The van der Waals surface area contributed by atoms with Gasteiger partial charge in [0, 0.05) is 0 Å². The summed E-state index contributed by atoms with van der Waals surface area (Å²) in [5.74, 6) is -0.706. The molecule has 9 unspecified atom stereocenters. The van der Waals surface area contributed by atoms with E-state index in [2.05, 4.69) is 55.6 Å². The van der Waals surface area contributed by atoms with Crippen LogP contribution in [-0.4, -0.2) is 110 Å². The third-order valence-corrected chi connectivity index (χ3v) is 16.4. The van der Waals surface area contributed by atoms with Gasteiger partial charge in [-0.25, -0.2) is 0 Å². The molecule has 1 saturated heterocycles. The van der Waals surface area contributed by atoms with Crippen LogP contribution in [0.25, 0.3) is 0 Å². The molecule has 1 rings (SSSR count). The van der Waals surface area contributed by atoms with Crippen molar-refractivity contribution in [2.75, 3.05) is 13.2 Å². The zero-order valence-electron chi connectivity index (χ0n) is 51.4. The zero-order valence-corrected chi connectivity index (χ0v) is 51.4. The van der Waals surface area contributed by atoms with Gasteiger partial charge in [0.05, 0.1) is 25.4 Å². The van der Waals surface area contributed by atoms with Crippen molar-refractivity contribution < 1.29 is 50.0 Å². The highest BCUT2D eigenvalue weighted by atomic mass is 16.7. The van der Waals surface area contributed by atoms with Crippen molar-refractivity contribution in [3.63, 3.8) is 0 Å². The second-order valence-electron chi connectivity index (χ2n) is 23.9. The Kier molecular flexibility index (Phi) is 54.2. The molecule has 1 aliphatic rings. The van der Waals surface area contributed by atoms with E-state index < -0.39 is 74.2 Å². The second-order valence-corrected chi connectivity index (χ2v) is 23.9. The van der Waals surface area contributed by atoms with Crippen molar-refractivity contribution in [3.8, 4) is 0 Å². The molecule has 0 radical (unpaired) electrons. The molecule has 8 N–H and O–H groups in total. The third-order valence-electron chi connectivity index (χ3n) is 16.4. The van der Waals surface area contributed by atoms with Crippen molar-refractivity contribution >= 4 is 5.91 Å².